The summed E-state index contributed by atoms with van der Waals surface area (Å²) < 4.78 is 0.929. The van der Waals surface area contributed by atoms with Crippen molar-refractivity contribution in [3.63, 3.8) is 0 Å². The Bertz CT molecular complexity index is 982. The molecule has 2 aromatic rings. The van der Waals surface area contributed by atoms with E-state index in [1.807, 2.05) is 18.2 Å². The number of benzene rings is 2. The molecule has 28 heavy (non-hydrogen) atoms. The second-order valence-corrected chi connectivity index (χ2v) is 8.53. The number of ketones is 2. The van der Waals surface area contributed by atoms with Gasteiger partial charge in [-0.15, -0.1) is 0 Å². The highest BCUT2D eigenvalue weighted by Crippen LogP contribution is 2.44. The second-order valence-electron chi connectivity index (χ2n) is 7.12. The molecule has 0 spiro atoms. The summed E-state index contributed by atoms with van der Waals surface area (Å²) in [5.41, 5.74) is 1.79. The molecule has 142 valence electrons. The van der Waals surface area contributed by atoms with E-state index in [4.69, 9.17) is 11.6 Å². The Morgan fingerprint density at radius 3 is 2.29 bits per heavy atom. The predicted octanol–water partition coefficient (Wildman–Crippen LogP) is 5.09. The molecular formula is C22H17BrClNO3. The van der Waals surface area contributed by atoms with Crippen LogP contribution in [-0.4, -0.2) is 17.5 Å². The third-order valence-corrected chi connectivity index (χ3v) is 6.24. The summed E-state index contributed by atoms with van der Waals surface area (Å²) >= 11 is 9.43. The monoisotopic (exact) mass is 457 g/mol. The standard InChI is InChI=1S/C22H17BrClNO3/c23-14-5-8-16(9-6-14)25-22(28)13-3-1-12(2-4-13)19-20(26)17-10-7-15(24)11-18(17)21(19)27/h1-9,17-19H,10-11H2,(H,25,28)/t17-,18-,19-/m0/s1. The first-order valence-corrected chi connectivity index (χ1v) is 10.2. The summed E-state index contributed by atoms with van der Waals surface area (Å²) in [4.78, 5) is 38.0. The lowest BCUT2D eigenvalue weighted by molar-refractivity contribution is -0.125. The first-order chi connectivity index (χ1) is 13.4. The fraction of sp³-hybridized carbons (Fsp3) is 0.227. The van der Waals surface area contributed by atoms with Crippen molar-refractivity contribution in [1.29, 1.82) is 0 Å². The molecule has 0 saturated heterocycles. The fourth-order valence-electron chi connectivity index (χ4n) is 3.93. The lowest BCUT2D eigenvalue weighted by Gasteiger charge is -2.19. The fourth-order valence-corrected chi connectivity index (χ4v) is 4.45. The van der Waals surface area contributed by atoms with Crippen LogP contribution >= 0.6 is 27.5 Å². The molecule has 2 aliphatic carbocycles. The van der Waals surface area contributed by atoms with Gasteiger partial charge in [0.2, 0.25) is 0 Å². The molecule has 0 heterocycles. The summed E-state index contributed by atoms with van der Waals surface area (Å²) in [5.74, 6) is -1.70. The third kappa shape index (κ3) is 3.56. The highest BCUT2D eigenvalue weighted by molar-refractivity contribution is 9.10. The molecule has 2 aliphatic rings. The van der Waals surface area contributed by atoms with Crippen molar-refractivity contribution in [1.82, 2.24) is 0 Å². The first kappa shape index (κ1) is 19.1. The zero-order valence-electron chi connectivity index (χ0n) is 14.8. The number of carbonyl (C=O) groups is 3. The van der Waals surface area contributed by atoms with Crippen LogP contribution in [0.5, 0.6) is 0 Å². The molecule has 4 nitrogen and oxygen atoms in total. The number of amides is 1. The Labute approximate surface area is 176 Å². The van der Waals surface area contributed by atoms with Gasteiger partial charge in [-0.3, -0.25) is 14.4 Å². The number of hydrogen-bond donors (Lipinski definition) is 1. The minimum absolute atomic E-state index is 0.0394. The average Bonchev–Trinajstić information content (AvgIpc) is 2.93. The maximum atomic E-state index is 12.8. The van der Waals surface area contributed by atoms with Crippen molar-refractivity contribution in [3.8, 4) is 0 Å². The van der Waals surface area contributed by atoms with Crippen molar-refractivity contribution in [2.45, 2.75) is 18.8 Å². The number of halogens is 2. The number of carbonyl (C=O) groups excluding carboxylic acids is 3. The van der Waals surface area contributed by atoms with Crippen LogP contribution < -0.4 is 5.32 Å². The zero-order valence-corrected chi connectivity index (χ0v) is 17.2. The summed E-state index contributed by atoms with van der Waals surface area (Å²) in [5, 5.41) is 3.48. The molecule has 1 saturated carbocycles. The molecule has 0 unspecified atom stereocenters. The predicted molar refractivity (Wildman–Crippen MR) is 111 cm³/mol. The van der Waals surface area contributed by atoms with Gasteiger partial charge in [0.25, 0.3) is 5.91 Å². The molecule has 0 aliphatic heterocycles. The zero-order chi connectivity index (χ0) is 19.8. The van der Waals surface area contributed by atoms with Crippen molar-refractivity contribution in [2.24, 2.45) is 11.8 Å². The Hall–Kier alpha value is -2.24. The van der Waals surface area contributed by atoms with Gasteiger partial charge in [-0.25, -0.2) is 0 Å². The van der Waals surface area contributed by atoms with Crippen LogP contribution in [0.1, 0.15) is 34.7 Å². The summed E-state index contributed by atoms with van der Waals surface area (Å²) in [6.45, 7) is 0. The molecule has 6 heteroatoms. The van der Waals surface area contributed by atoms with Gasteiger partial charge in [0.1, 0.15) is 5.92 Å². The highest BCUT2D eigenvalue weighted by Gasteiger charge is 2.50. The molecule has 1 N–H and O–H groups in total. The lowest BCUT2D eigenvalue weighted by Crippen LogP contribution is -2.20. The Kier molecular flexibility index (Phi) is 5.21. The van der Waals surface area contributed by atoms with E-state index in [0.717, 1.165) is 4.47 Å². The smallest absolute Gasteiger partial charge is 0.255 e. The quantitative estimate of drug-likeness (QED) is 0.652. The Morgan fingerprint density at radius 2 is 1.61 bits per heavy atom. The first-order valence-electron chi connectivity index (χ1n) is 9.03. The molecular weight excluding hydrogens is 442 g/mol. The van der Waals surface area contributed by atoms with Gasteiger partial charge in [-0.2, -0.15) is 0 Å². The van der Waals surface area contributed by atoms with Gasteiger partial charge in [0.15, 0.2) is 11.6 Å². The molecule has 0 bridgehead atoms. The average molecular weight is 459 g/mol. The molecule has 0 aromatic heterocycles. The number of hydrogen-bond acceptors (Lipinski definition) is 3. The van der Waals surface area contributed by atoms with Crippen LogP contribution in [0.3, 0.4) is 0 Å². The largest absolute Gasteiger partial charge is 0.322 e. The van der Waals surface area contributed by atoms with Gasteiger partial charge in [0.05, 0.1) is 0 Å². The normalized spacial score (nSPS) is 23.9. The van der Waals surface area contributed by atoms with E-state index in [1.54, 1.807) is 36.4 Å². The lowest BCUT2D eigenvalue weighted by atomic mass is 9.85. The van der Waals surface area contributed by atoms with Crippen molar-refractivity contribution >= 4 is 50.7 Å². The van der Waals surface area contributed by atoms with Crippen molar-refractivity contribution in [3.05, 3.63) is 75.2 Å². The van der Waals surface area contributed by atoms with E-state index in [9.17, 15) is 14.4 Å². The molecule has 2 aromatic carbocycles. The van der Waals surface area contributed by atoms with Gasteiger partial charge >= 0.3 is 0 Å². The summed E-state index contributed by atoms with van der Waals surface area (Å²) in [6.07, 6.45) is 2.81. The van der Waals surface area contributed by atoms with E-state index in [1.165, 1.54) is 0 Å². The van der Waals surface area contributed by atoms with Gasteiger partial charge in [-0.05, 0) is 54.8 Å². The van der Waals surface area contributed by atoms with Crippen LogP contribution in [0.25, 0.3) is 0 Å². The number of anilines is 1. The number of Topliss-reactive ketones (excluding diaryl/α,β-unsaturated/α-hetero) is 2. The summed E-state index contributed by atoms with van der Waals surface area (Å²) in [7, 11) is 0. The van der Waals surface area contributed by atoms with Gasteiger partial charge in [0, 0.05) is 32.6 Å². The van der Waals surface area contributed by atoms with Crippen LogP contribution in [-0.2, 0) is 9.59 Å². The van der Waals surface area contributed by atoms with E-state index in [2.05, 4.69) is 21.2 Å². The molecule has 4 rings (SSSR count). The van der Waals surface area contributed by atoms with E-state index >= 15 is 0 Å². The highest BCUT2D eigenvalue weighted by atomic mass is 79.9. The maximum absolute atomic E-state index is 12.8. The minimum Gasteiger partial charge on any atom is -0.322 e. The number of fused-ring (bicyclic) bond motifs is 1. The van der Waals surface area contributed by atoms with Gasteiger partial charge in [-0.1, -0.05) is 45.7 Å². The van der Waals surface area contributed by atoms with Crippen LogP contribution in [0.2, 0.25) is 0 Å². The van der Waals surface area contributed by atoms with Crippen LogP contribution in [0, 0.1) is 11.8 Å². The minimum atomic E-state index is -0.755. The van der Waals surface area contributed by atoms with Gasteiger partial charge < -0.3 is 5.32 Å². The maximum Gasteiger partial charge on any atom is 0.255 e. The number of rotatable bonds is 3. The Balaban J connectivity index is 1.50. The second kappa shape index (κ2) is 7.64. The third-order valence-electron chi connectivity index (χ3n) is 5.40. The van der Waals surface area contributed by atoms with E-state index in [-0.39, 0.29) is 29.3 Å². The van der Waals surface area contributed by atoms with E-state index < -0.39 is 5.92 Å². The number of nitrogens with one attached hydrogen (secondary N) is 1. The molecule has 3 atom stereocenters. The topological polar surface area (TPSA) is 63.2 Å². The van der Waals surface area contributed by atoms with Crippen LogP contribution in [0.4, 0.5) is 5.69 Å². The van der Waals surface area contributed by atoms with E-state index in [0.29, 0.717) is 34.7 Å². The van der Waals surface area contributed by atoms with Crippen molar-refractivity contribution < 1.29 is 14.4 Å². The van der Waals surface area contributed by atoms with Crippen molar-refractivity contribution in [2.75, 3.05) is 5.32 Å². The molecule has 1 fully saturated rings. The summed E-state index contributed by atoms with van der Waals surface area (Å²) in [6, 6.07) is 14.0. The SMILES string of the molecule is O=C(Nc1ccc(Br)cc1)c1ccc([C@H]2C(=O)[C@H]3CC=C(Cl)C[C@@H]3C2=O)cc1. The van der Waals surface area contributed by atoms with Crippen LogP contribution in [0.15, 0.2) is 64.1 Å². The molecule has 0 radical (unpaired) electrons. The number of allylic oxidation sites excluding steroid dienone is 2. The molecule has 1 amide bonds. The Morgan fingerprint density at radius 1 is 0.964 bits per heavy atom.